The summed E-state index contributed by atoms with van der Waals surface area (Å²) in [4.78, 5) is 11.2. The van der Waals surface area contributed by atoms with E-state index >= 15 is 0 Å². The Hall–Kier alpha value is -1.55. The van der Waals surface area contributed by atoms with Gasteiger partial charge in [0.15, 0.2) is 0 Å². The van der Waals surface area contributed by atoms with Gasteiger partial charge in [0.05, 0.1) is 12.5 Å². The van der Waals surface area contributed by atoms with Crippen molar-refractivity contribution in [3.8, 4) is 5.75 Å². The lowest BCUT2D eigenvalue weighted by Gasteiger charge is -2.27. The van der Waals surface area contributed by atoms with Crippen LogP contribution in [-0.4, -0.2) is 24.2 Å². The molecule has 0 radical (unpaired) electrons. The number of benzene rings is 1. The Morgan fingerprint density at radius 3 is 2.73 bits per heavy atom. The summed E-state index contributed by atoms with van der Waals surface area (Å²) in [5.41, 5.74) is 3.47. The van der Waals surface area contributed by atoms with E-state index in [2.05, 4.69) is 31.3 Å². The summed E-state index contributed by atoms with van der Waals surface area (Å²) in [6.07, 6.45) is 4.49. The molecule has 1 aliphatic heterocycles. The highest BCUT2D eigenvalue weighted by molar-refractivity contribution is 5.71. The first kappa shape index (κ1) is 15.3. The highest BCUT2D eigenvalue weighted by Gasteiger charge is 2.32. The number of ether oxygens (including phenoxy) is 1. The third kappa shape index (κ3) is 3.12. The van der Waals surface area contributed by atoms with E-state index in [9.17, 15) is 9.90 Å². The zero-order valence-corrected chi connectivity index (χ0v) is 13.4. The van der Waals surface area contributed by atoms with E-state index in [4.69, 9.17) is 4.74 Å². The van der Waals surface area contributed by atoms with Gasteiger partial charge in [0.1, 0.15) is 5.75 Å². The SMILES string of the molecule is Cc1cc(C)c(OCC2CCC2)c(C2CC(C(=O)O)CN2)c1. The van der Waals surface area contributed by atoms with Crippen LogP contribution in [0, 0.1) is 25.7 Å². The van der Waals surface area contributed by atoms with Crippen molar-refractivity contribution >= 4 is 5.97 Å². The number of nitrogens with one attached hydrogen (secondary N) is 1. The monoisotopic (exact) mass is 303 g/mol. The van der Waals surface area contributed by atoms with Crippen LogP contribution >= 0.6 is 0 Å². The maximum Gasteiger partial charge on any atom is 0.307 e. The zero-order valence-electron chi connectivity index (χ0n) is 13.4. The lowest BCUT2D eigenvalue weighted by atomic mass is 9.86. The number of aliphatic carboxylic acids is 1. The van der Waals surface area contributed by atoms with Gasteiger partial charge in [-0.3, -0.25) is 4.79 Å². The van der Waals surface area contributed by atoms with Crippen molar-refractivity contribution in [2.75, 3.05) is 13.2 Å². The Bertz CT molecular complexity index is 566. The summed E-state index contributed by atoms with van der Waals surface area (Å²) in [7, 11) is 0. The molecule has 1 aliphatic carbocycles. The fourth-order valence-electron chi connectivity index (χ4n) is 3.46. The Labute approximate surface area is 131 Å². The van der Waals surface area contributed by atoms with Gasteiger partial charge in [-0.1, -0.05) is 24.1 Å². The third-order valence-corrected chi connectivity index (χ3v) is 4.99. The molecule has 2 unspecified atom stereocenters. The van der Waals surface area contributed by atoms with E-state index in [0.29, 0.717) is 18.9 Å². The van der Waals surface area contributed by atoms with E-state index in [-0.39, 0.29) is 12.0 Å². The van der Waals surface area contributed by atoms with Crippen molar-refractivity contribution in [3.63, 3.8) is 0 Å². The van der Waals surface area contributed by atoms with Gasteiger partial charge in [0.2, 0.25) is 0 Å². The molecule has 22 heavy (non-hydrogen) atoms. The van der Waals surface area contributed by atoms with Crippen LogP contribution in [0.3, 0.4) is 0 Å². The summed E-state index contributed by atoms with van der Waals surface area (Å²) >= 11 is 0. The second-order valence-corrected chi connectivity index (χ2v) is 6.84. The topological polar surface area (TPSA) is 58.6 Å². The molecule has 0 spiro atoms. The molecule has 1 saturated heterocycles. The first-order chi connectivity index (χ1) is 10.5. The second kappa shape index (κ2) is 6.29. The molecule has 2 fully saturated rings. The molecule has 2 atom stereocenters. The number of aryl methyl sites for hydroxylation is 2. The fourth-order valence-corrected chi connectivity index (χ4v) is 3.46. The Kier molecular flexibility index (Phi) is 4.39. The van der Waals surface area contributed by atoms with Crippen molar-refractivity contribution in [1.82, 2.24) is 5.32 Å². The van der Waals surface area contributed by atoms with E-state index < -0.39 is 5.97 Å². The molecule has 1 aromatic rings. The normalized spacial score (nSPS) is 25.0. The Morgan fingerprint density at radius 1 is 1.36 bits per heavy atom. The van der Waals surface area contributed by atoms with Crippen LogP contribution in [0.2, 0.25) is 0 Å². The largest absolute Gasteiger partial charge is 0.493 e. The van der Waals surface area contributed by atoms with Crippen LogP contribution in [0.4, 0.5) is 0 Å². The molecule has 3 rings (SSSR count). The van der Waals surface area contributed by atoms with Gasteiger partial charge in [-0.05, 0) is 44.6 Å². The molecular formula is C18H25NO3. The maximum atomic E-state index is 11.2. The lowest BCUT2D eigenvalue weighted by Crippen LogP contribution is -2.21. The van der Waals surface area contributed by atoms with Crippen molar-refractivity contribution < 1.29 is 14.6 Å². The number of hydrogen-bond donors (Lipinski definition) is 2. The molecule has 1 saturated carbocycles. The maximum absolute atomic E-state index is 11.2. The van der Waals surface area contributed by atoms with Gasteiger partial charge < -0.3 is 15.2 Å². The first-order valence-electron chi connectivity index (χ1n) is 8.24. The summed E-state index contributed by atoms with van der Waals surface area (Å²) in [6, 6.07) is 4.37. The van der Waals surface area contributed by atoms with Crippen molar-refractivity contribution in [3.05, 3.63) is 28.8 Å². The quantitative estimate of drug-likeness (QED) is 0.877. The van der Waals surface area contributed by atoms with Gasteiger partial charge in [-0.25, -0.2) is 0 Å². The van der Waals surface area contributed by atoms with Crippen LogP contribution < -0.4 is 10.1 Å². The summed E-state index contributed by atoms with van der Waals surface area (Å²) in [5.74, 6) is 0.638. The van der Waals surface area contributed by atoms with E-state index in [1.807, 2.05) is 0 Å². The highest BCUT2D eigenvalue weighted by atomic mass is 16.5. The molecule has 0 bridgehead atoms. The van der Waals surface area contributed by atoms with Gasteiger partial charge in [-0.15, -0.1) is 0 Å². The fraction of sp³-hybridized carbons (Fsp3) is 0.611. The molecule has 2 N–H and O–H groups in total. The van der Waals surface area contributed by atoms with Crippen LogP contribution in [0.1, 0.15) is 48.4 Å². The average molecular weight is 303 g/mol. The standard InChI is InChI=1S/C18H25NO3/c1-11-6-12(2)17(22-10-13-4-3-5-13)15(7-11)16-8-14(9-19-16)18(20)21/h6-7,13-14,16,19H,3-5,8-10H2,1-2H3,(H,20,21). The minimum Gasteiger partial charge on any atom is -0.493 e. The van der Waals surface area contributed by atoms with Crippen LogP contribution in [0.15, 0.2) is 12.1 Å². The number of rotatable bonds is 5. The summed E-state index contributed by atoms with van der Waals surface area (Å²) in [6.45, 7) is 5.48. The molecule has 4 nitrogen and oxygen atoms in total. The van der Waals surface area contributed by atoms with Crippen molar-refractivity contribution in [2.24, 2.45) is 11.8 Å². The molecule has 4 heteroatoms. The predicted molar refractivity (Wildman–Crippen MR) is 85.2 cm³/mol. The molecule has 0 amide bonds. The number of carbonyl (C=O) groups is 1. The van der Waals surface area contributed by atoms with Crippen molar-refractivity contribution in [2.45, 2.75) is 45.6 Å². The summed E-state index contributed by atoms with van der Waals surface area (Å²) < 4.78 is 6.15. The van der Waals surface area contributed by atoms with Gasteiger partial charge >= 0.3 is 5.97 Å². The lowest BCUT2D eigenvalue weighted by molar-refractivity contribution is -0.141. The van der Waals surface area contributed by atoms with Gasteiger partial charge in [-0.2, -0.15) is 0 Å². The number of carboxylic acids is 1. The van der Waals surface area contributed by atoms with E-state index in [0.717, 1.165) is 23.5 Å². The zero-order chi connectivity index (χ0) is 15.7. The molecular weight excluding hydrogens is 278 g/mol. The second-order valence-electron chi connectivity index (χ2n) is 6.84. The van der Waals surface area contributed by atoms with Gasteiger partial charge in [0.25, 0.3) is 0 Å². The molecule has 0 aromatic heterocycles. The first-order valence-corrected chi connectivity index (χ1v) is 8.24. The molecule has 1 aromatic carbocycles. The smallest absolute Gasteiger partial charge is 0.307 e. The van der Waals surface area contributed by atoms with E-state index in [1.165, 1.54) is 24.8 Å². The molecule has 120 valence electrons. The van der Waals surface area contributed by atoms with Crippen LogP contribution in [0.5, 0.6) is 5.75 Å². The highest BCUT2D eigenvalue weighted by Crippen LogP contribution is 2.37. The predicted octanol–water partition coefficient (Wildman–Crippen LogP) is 3.22. The average Bonchev–Trinajstić information content (AvgIpc) is 2.88. The Morgan fingerprint density at radius 2 is 2.14 bits per heavy atom. The summed E-state index contributed by atoms with van der Waals surface area (Å²) in [5, 5.41) is 12.6. The minimum atomic E-state index is -0.712. The molecule has 2 aliphatic rings. The third-order valence-electron chi connectivity index (χ3n) is 4.99. The van der Waals surface area contributed by atoms with Crippen LogP contribution in [-0.2, 0) is 4.79 Å². The van der Waals surface area contributed by atoms with Gasteiger partial charge in [0, 0.05) is 18.2 Å². The van der Waals surface area contributed by atoms with E-state index in [1.54, 1.807) is 0 Å². The number of carboxylic acid groups (broad SMARTS) is 1. The minimum absolute atomic E-state index is 0.0797. The van der Waals surface area contributed by atoms with Crippen molar-refractivity contribution in [1.29, 1.82) is 0 Å². The van der Waals surface area contributed by atoms with Crippen LogP contribution in [0.25, 0.3) is 0 Å². The molecule has 1 heterocycles. The number of hydrogen-bond acceptors (Lipinski definition) is 3. The Balaban J connectivity index is 1.80.